The summed E-state index contributed by atoms with van der Waals surface area (Å²) in [4.78, 5) is 6.86. The Morgan fingerprint density at radius 3 is 3.05 bits per heavy atom. The summed E-state index contributed by atoms with van der Waals surface area (Å²) in [5.41, 5.74) is 0.719. The van der Waals surface area contributed by atoms with E-state index < -0.39 is 5.60 Å². The van der Waals surface area contributed by atoms with Crippen LogP contribution >= 0.6 is 0 Å². The molecule has 19 heavy (non-hydrogen) atoms. The minimum absolute atomic E-state index is 0.522. The van der Waals surface area contributed by atoms with Gasteiger partial charge in [-0.2, -0.15) is 0 Å². The Labute approximate surface area is 115 Å². The van der Waals surface area contributed by atoms with Crippen LogP contribution in [0.4, 0.5) is 5.82 Å². The van der Waals surface area contributed by atoms with Gasteiger partial charge in [0.15, 0.2) is 0 Å². The fourth-order valence-electron chi connectivity index (χ4n) is 2.59. The Morgan fingerprint density at radius 2 is 2.26 bits per heavy atom. The van der Waals surface area contributed by atoms with Gasteiger partial charge in [0.05, 0.1) is 5.60 Å². The molecule has 1 saturated heterocycles. The van der Waals surface area contributed by atoms with Crippen LogP contribution in [-0.2, 0) is 6.54 Å². The quantitative estimate of drug-likeness (QED) is 0.871. The predicted molar refractivity (Wildman–Crippen MR) is 78.3 cm³/mol. The third-order valence-electron chi connectivity index (χ3n) is 3.80. The van der Waals surface area contributed by atoms with Gasteiger partial charge in [-0.25, -0.2) is 4.98 Å². The Kier molecular flexibility index (Phi) is 4.77. The van der Waals surface area contributed by atoms with Crippen molar-refractivity contribution in [2.45, 2.75) is 45.3 Å². The molecule has 2 N–H and O–H groups in total. The highest BCUT2D eigenvalue weighted by atomic mass is 16.3. The number of aliphatic hydroxyl groups is 1. The largest absolute Gasteiger partial charge is 0.390 e. The molecule has 0 spiro atoms. The Morgan fingerprint density at radius 1 is 1.42 bits per heavy atom. The third-order valence-corrected chi connectivity index (χ3v) is 3.80. The molecule has 106 valence electrons. The van der Waals surface area contributed by atoms with Crippen molar-refractivity contribution < 1.29 is 5.11 Å². The number of nitrogens with one attached hydrogen (secondary N) is 1. The van der Waals surface area contributed by atoms with Gasteiger partial charge in [-0.1, -0.05) is 13.0 Å². The lowest BCUT2D eigenvalue weighted by Gasteiger charge is -2.25. The molecule has 4 nitrogen and oxygen atoms in total. The molecule has 0 aromatic carbocycles. The molecule has 2 heterocycles. The molecule has 1 unspecified atom stereocenters. The van der Waals surface area contributed by atoms with Crippen molar-refractivity contribution in [1.29, 1.82) is 0 Å². The summed E-state index contributed by atoms with van der Waals surface area (Å²) >= 11 is 0. The molecule has 4 heteroatoms. The maximum Gasteiger partial charge on any atom is 0.133 e. The maximum atomic E-state index is 10.2. The molecule has 0 saturated carbocycles. The molecule has 1 atom stereocenters. The zero-order valence-corrected chi connectivity index (χ0v) is 12.0. The molecule has 0 amide bonds. The minimum atomic E-state index is -0.522. The number of nitrogens with zero attached hydrogens (tertiary/aromatic N) is 2. The summed E-state index contributed by atoms with van der Waals surface area (Å²) in [5, 5.41) is 13.5. The summed E-state index contributed by atoms with van der Waals surface area (Å²) in [6.07, 6.45) is 4.56. The first-order valence-corrected chi connectivity index (χ1v) is 7.24. The monoisotopic (exact) mass is 263 g/mol. The van der Waals surface area contributed by atoms with Crippen LogP contribution in [0.25, 0.3) is 0 Å². The number of hydrogen-bond acceptors (Lipinski definition) is 4. The van der Waals surface area contributed by atoms with Crippen LogP contribution < -0.4 is 10.2 Å². The van der Waals surface area contributed by atoms with Gasteiger partial charge in [0.2, 0.25) is 0 Å². The first-order chi connectivity index (χ1) is 9.12. The molecule has 1 aromatic heterocycles. The Hall–Kier alpha value is -1.13. The number of pyridine rings is 1. The van der Waals surface area contributed by atoms with E-state index in [0.29, 0.717) is 0 Å². The van der Waals surface area contributed by atoms with Crippen molar-refractivity contribution in [3.63, 3.8) is 0 Å². The molecular formula is C15H25N3O. The zero-order chi connectivity index (χ0) is 13.7. The Balaban J connectivity index is 2.12. The number of anilines is 1. The van der Waals surface area contributed by atoms with Crippen LogP contribution in [0.15, 0.2) is 18.3 Å². The second-order valence-electron chi connectivity index (χ2n) is 5.60. The molecule has 2 rings (SSSR count). The zero-order valence-electron chi connectivity index (χ0n) is 12.0. The SMILES string of the molecule is CCNCc1cccnc1N1CCCC(C)(O)CC1. The van der Waals surface area contributed by atoms with Crippen LogP contribution in [0, 0.1) is 0 Å². The van der Waals surface area contributed by atoms with E-state index in [-0.39, 0.29) is 0 Å². The van der Waals surface area contributed by atoms with Crippen molar-refractivity contribution in [1.82, 2.24) is 10.3 Å². The average molecular weight is 263 g/mol. The van der Waals surface area contributed by atoms with Gasteiger partial charge in [-0.3, -0.25) is 0 Å². The molecule has 1 fully saturated rings. The number of hydrogen-bond donors (Lipinski definition) is 2. The van der Waals surface area contributed by atoms with Gasteiger partial charge in [-0.05, 0) is 38.8 Å². The van der Waals surface area contributed by atoms with Crippen LogP contribution in [0.1, 0.15) is 38.7 Å². The summed E-state index contributed by atoms with van der Waals surface area (Å²) in [7, 11) is 0. The van der Waals surface area contributed by atoms with E-state index in [1.807, 2.05) is 19.2 Å². The lowest BCUT2D eigenvalue weighted by Crippen LogP contribution is -2.30. The maximum absolute atomic E-state index is 10.2. The molecule has 0 radical (unpaired) electrons. The Bertz CT molecular complexity index is 406. The number of rotatable bonds is 4. The smallest absolute Gasteiger partial charge is 0.133 e. The van der Waals surface area contributed by atoms with Crippen molar-refractivity contribution in [3.05, 3.63) is 23.9 Å². The molecule has 1 aliphatic heterocycles. The van der Waals surface area contributed by atoms with Crippen molar-refractivity contribution in [2.75, 3.05) is 24.5 Å². The first-order valence-electron chi connectivity index (χ1n) is 7.24. The highest BCUT2D eigenvalue weighted by Crippen LogP contribution is 2.26. The van der Waals surface area contributed by atoms with E-state index in [1.54, 1.807) is 0 Å². The van der Waals surface area contributed by atoms with Crippen LogP contribution in [0.5, 0.6) is 0 Å². The van der Waals surface area contributed by atoms with Crippen molar-refractivity contribution in [2.24, 2.45) is 0 Å². The molecule has 0 bridgehead atoms. The van der Waals surface area contributed by atoms with Crippen LogP contribution in [-0.4, -0.2) is 35.3 Å². The van der Waals surface area contributed by atoms with Gasteiger partial charge in [0, 0.05) is 31.4 Å². The fourth-order valence-corrected chi connectivity index (χ4v) is 2.59. The van der Waals surface area contributed by atoms with Gasteiger partial charge >= 0.3 is 0 Å². The minimum Gasteiger partial charge on any atom is -0.390 e. The van der Waals surface area contributed by atoms with Crippen LogP contribution in [0.2, 0.25) is 0 Å². The first kappa shape index (κ1) is 14.3. The lowest BCUT2D eigenvalue weighted by molar-refractivity contribution is 0.0481. The highest BCUT2D eigenvalue weighted by molar-refractivity contribution is 5.46. The predicted octanol–water partition coefficient (Wildman–Crippen LogP) is 1.93. The van der Waals surface area contributed by atoms with Gasteiger partial charge < -0.3 is 15.3 Å². The summed E-state index contributed by atoms with van der Waals surface area (Å²) in [6.45, 7) is 7.72. The number of aromatic nitrogens is 1. The molecular weight excluding hydrogens is 238 g/mol. The van der Waals surface area contributed by atoms with Crippen molar-refractivity contribution in [3.8, 4) is 0 Å². The van der Waals surface area contributed by atoms with E-state index >= 15 is 0 Å². The van der Waals surface area contributed by atoms with E-state index in [1.165, 1.54) is 5.56 Å². The molecule has 0 aliphatic carbocycles. The van der Waals surface area contributed by atoms with Gasteiger partial charge in [0.25, 0.3) is 0 Å². The van der Waals surface area contributed by atoms with Crippen LogP contribution in [0.3, 0.4) is 0 Å². The third kappa shape index (κ3) is 3.91. The van der Waals surface area contributed by atoms with Gasteiger partial charge in [-0.15, -0.1) is 0 Å². The standard InChI is InChI=1S/C15H25N3O/c1-3-16-12-13-6-4-9-17-14(13)18-10-5-7-15(2,19)8-11-18/h4,6,9,16,19H,3,5,7-8,10-12H2,1-2H3. The van der Waals surface area contributed by atoms with Gasteiger partial charge in [0.1, 0.15) is 5.82 Å². The average Bonchev–Trinajstić information content (AvgIpc) is 2.58. The second kappa shape index (κ2) is 6.35. The summed E-state index contributed by atoms with van der Waals surface area (Å²) in [6, 6.07) is 4.12. The van der Waals surface area contributed by atoms with Crippen molar-refractivity contribution >= 4 is 5.82 Å². The summed E-state index contributed by atoms with van der Waals surface area (Å²) < 4.78 is 0. The highest BCUT2D eigenvalue weighted by Gasteiger charge is 2.26. The summed E-state index contributed by atoms with van der Waals surface area (Å²) in [5.74, 6) is 1.07. The molecule has 1 aliphatic rings. The normalized spacial score (nSPS) is 24.3. The van der Waals surface area contributed by atoms with E-state index in [9.17, 15) is 5.11 Å². The second-order valence-corrected chi connectivity index (χ2v) is 5.60. The molecule has 1 aromatic rings. The fraction of sp³-hybridized carbons (Fsp3) is 0.667. The van der Waals surface area contributed by atoms with E-state index in [2.05, 4.69) is 28.2 Å². The lowest BCUT2D eigenvalue weighted by atomic mass is 9.98. The van der Waals surface area contributed by atoms with E-state index in [0.717, 1.165) is 51.3 Å². The topological polar surface area (TPSA) is 48.4 Å². The van der Waals surface area contributed by atoms with E-state index in [4.69, 9.17) is 0 Å².